The Balaban J connectivity index is 1.38. The van der Waals surface area contributed by atoms with Gasteiger partial charge in [-0.05, 0) is 38.1 Å². The van der Waals surface area contributed by atoms with E-state index >= 15 is 0 Å². The van der Waals surface area contributed by atoms with Crippen LogP contribution in [0.3, 0.4) is 0 Å². The highest BCUT2D eigenvalue weighted by atomic mass is 32.2. The SMILES string of the molecule is CC1(C)Cc2cccc(OCCNS(=O)(=O)c3ccc4c(c3)NC(=O)CO4)c2O1. The molecular weight excluding hydrogens is 396 g/mol. The van der Waals surface area contributed by atoms with Gasteiger partial charge in [0.15, 0.2) is 18.1 Å². The lowest BCUT2D eigenvalue weighted by molar-refractivity contribution is -0.118. The number of fused-ring (bicyclic) bond motifs is 2. The van der Waals surface area contributed by atoms with E-state index in [9.17, 15) is 13.2 Å². The van der Waals surface area contributed by atoms with E-state index in [0.717, 1.165) is 12.0 Å². The number of nitrogens with one attached hydrogen (secondary N) is 2. The molecule has 1 amide bonds. The van der Waals surface area contributed by atoms with E-state index in [1.165, 1.54) is 18.2 Å². The zero-order valence-corrected chi connectivity index (χ0v) is 17.0. The maximum Gasteiger partial charge on any atom is 0.262 e. The van der Waals surface area contributed by atoms with E-state index in [1.54, 1.807) is 6.07 Å². The molecule has 2 N–H and O–H groups in total. The molecule has 2 aromatic carbocycles. The van der Waals surface area contributed by atoms with Gasteiger partial charge in [-0.2, -0.15) is 0 Å². The topological polar surface area (TPSA) is 103 Å². The first kappa shape index (κ1) is 19.5. The van der Waals surface area contributed by atoms with Crippen LogP contribution in [0.5, 0.6) is 17.2 Å². The third kappa shape index (κ3) is 4.15. The highest BCUT2D eigenvalue weighted by molar-refractivity contribution is 7.89. The van der Waals surface area contributed by atoms with Crippen molar-refractivity contribution in [2.24, 2.45) is 0 Å². The van der Waals surface area contributed by atoms with Crippen LogP contribution in [0, 0.1) is 0 Å². The summed E-state index contributed by atoms with van der Waals surface area (Å²) in [4.78, 5) is 11.5. The average Bonchev–Trinajstić information content (AvgIpc) is 2.99. The van der Waals surface area contributed by atoms with Crippen LogP contribution in [0.15, 0.2) is 41.3 Å². The predicted molar refractivity (Wildman–Crippen MR) is 106 cm³/mol. The molecule has 0 aliphatic carbocycles. The Morgan fingerprint density at radius 2 is 2.07 bits per heavy atom. The van der Waals surface area contributed by atoms with E-state index in [0.29, 0.717) is 22.9 Å². The van der Waals surface area contributed by atoms with Crippen LogP contribution < -0.4 is 24.2 Å². The Hall–Kier alpha value is -2.78. The number of carbonyl (C=O) groups excluding carboxylic acids is 1. The third-order valence-electron chi connectivity index (χ3n) is 4.60. The second-order valence-corrected chi connectivity index (χ2v) is 9.29. The van der Waals surface area contributed by atoms with Crippen molar-refractivity contribution in [1.82, 2.24) is 4.72 Å². The second-order valence-electron chi connectivity index (χ2n) is 7.52. The minimum atomic E-state index is -3.76. The number of sulfonamides is 1. The van der Waals surface area contributed by atoms with Crippen molar-refractivity contribution in [3.05, 3.63) is 42.0 Å². The fourth-order valence-electron chi connectivity index (χ4n) is 3.35. The molecule has 154 valence electrons. The van der Waals surface area contributed by atoms with Gasteiger partial charge in [-0.3, -0.25) is 4.79 Å². The summed E-state index contributed by atoms with van der Waals surface area (Å²) < 4.78 is 44.5. The molecule has 29 heavy (non-hydrogen) atoms. The van der Waals surface area contributed by atoms with Crippen molar-refractivity contribution in [2.45, 2.75) is 30.8 Å². The first-order chi connectivity index (χ1) is 13.7. The van der Waals surface area contributed by atoms with E-state index < -0.39 is 10.0 Å². The van der Waals surface area contributed by atoms with Crippen molar-refractivity contribution in [2.75, 3.05) is 25.1 Å². The Labute approximate surface area is 169 Å². The molecule has 0 fully saturated rings. The first-order valence-electron chi connectivity index (χ1n) is 9.24. The normalized spacial score (nSPS) is 16.8. The van der Waals surface area contributed by atoms with Gasteiger partial charge in [-0.15, -0.1) is 0 Å². The predicted octanol–water partition coefficient (Wildman–Crippen LogP) is 2.09. The summed E-state index contributed by atoms with van der Waals surface area (Å²) in [7, 11) is -3.76. The van der Waals surface area contributed by atoms with E-state index in [4.69, 9.17) is 14.2 Å². The molecule has 0 radical (unpaired) electrons. The van der Waals surface area contributed by atoms with Crippen molar-refractivity contribution >= 4 is 21.6 Å². The van der Waals surface area contributed by atoms with Gasteiger partial charge in [-0.25, -0.2) is 13.1 Å². The first-order valence-corrected chi connectivity index (χ1v) is 10.7. The monoisotopic (exact) mass is 418 g/mol. The third-order valence-corrected chi connectivity index (χ3v) is 6.06. The summed E-state index contributed by atoms with van der Waals surface area (Å²) in [5, 5.41) is 2.60. The molecule has 2 aliphatic heterocycles. The van der Waals surface area contributed by atoms with Crippen LogP contribution >= 0.6 is 0 Å². The number of carbonyl (C=O) groups is 1. The number of para-hydroxylation sites is 1. The number of hydrogen-bond acceptors (Lipinski definition) is 6. The van der Waals surface area contributed by atoms with Crippen molar-refractivity contribution < 1.29 is 27.4 Å². The van der Waals surface area contributed by atoms with Crippen LogP contribution in [-0.2, 0) is 21.2 Å². The lowest BCUT2D eigenvalue weighted by atomic mass is 10.0. The molecule has 8 nitrogen and oxygen atoms in total. The maximum atomic E-state index is 12.5. The Morgan fingerprint density at radius 1 is 1.24 bits per heavy atom. The van der Waals surface area contributed by atoms with Gasteiger partial charge in [0.2, 0.25) is 10.0 Å². The quantitative estimate of drug-likeness (QED) is 0.697. The van der Waals surface area contributed by atoms with Crippen LogP contribution in [0.1, 0.15) is 19.4 Å². The number of hydrogen-bond donors (Lipinski definition) is 2. The van der Waals surface area contributed by atoms with E-state index in [2.05, 4.69) is 10.0 Å². The minimum Gasteiger partial charge on any atom is -0.488 e. The fourth-order valence-corrected chi connectivity index (χ4v) is 4.39. The molecule has 0 saturated carbocycles. The lowest BCUT2D eigenvalue weighted by Crippen LogP contribution is -2.29. The largest absolute Gasteiger partial charge is 0.488 e. The lowest BCUT2D eigenvalue weighted by Gasteiger charge is -2.19. The van der Waals surface area contributed by atoms with Gasteiger partial charge >= 0.3 is 0 Å². The van der Waals surface area contributed by atoms with Gasteiger partial charge < -0.3 is 19.5 Å². The molecule has 0 atom stereocenters. The summed E-state index contributed by atoms with van der Waals surface area (Å²) in [6.07, 6.45) is 0.796. The van der Waals surface area contributed by atoms with E-state index in [-0.39, 0.29) is 36.2 Å². The second kappa shape index (κ2) is 7.23. The molecule has 0 unspecified atom stereocenters. The molecule has 0 aromatic heterocycles. The van der Waals surface area contributed by atoms with Crippen LogP contribution in [0.25, 0.3) is 0 Å². The number of anilines is 1. The molecule has 0 spiro atoms. The van der Waals surface area contributed by atoms with Gasteiger partial charge in [-0.1, -0.05) is 12.1 Å². The molecule has 4 rings (SSSR count). The van der Waals surface area contributed by atoms with Gasteiger partial charge in [0.1, 0.15) is 18.0 Å². The number of benzene rings is 2. The summed E-state index contributed by atoms with van der Waals surface area (Å²) in [5.41, 5.74) is 1.13. The fraction of sp³-hybridized carbons (Fsp3) is 0.350. The van der Waals surface area contributed by atoms with Crippen LogP contribution in [0.4, 0.5) is 5.69 Å². The molecule has 2 aromatic rings. The molecule has 0 saturated heterocycles. The Morgan fingerprint density at radius 3 is 2.90 bits per heavy atom. The minimum absolute atomic E-state index is 0.0349. The summed E-state index contributed by atoms with van der Waals surface area (Å²) in [6, 6.07) is 10.0. The molecular formula is C20H22N2O6S. The smallest absolute Gasteiger partial charge is 0.262 e. The van der Waals surface area contributed by atoms with Gasteiger partial charge in [0.25, 0.3) is 5.91 Å². The highest BCUT2D eigenvalue weighted by Gasteiger charge is 2.32. The Kier molecular flexibility index (Phi) is 4.87. The van der Waals surface area contributed by atoms with Gasteiger partial charge in [0.05, 0.1) is 10.6 Å². The number of rotatable bonds is 6. The zero-order chi connectivity index (χ0) is 20.6. The standard InChI is InChI=1S/C20H22N2O6S/c1-20(2)11-13-4-3-5-17(19(13)28-20)26-9-8-21-29(24,25)14-6-7-16-15(10-14)22-18(23)12-27-16/h3-7,10,21H,8-9,11-12H2,1-2H3,(H,22,23). The van der Waals surface area contributed by atoms with Gasteiger partial charge in [0, 0.05) is 18.5 Å². The maximum absolute atomic E-state index is 12.5. The Bertz CT molecular complexity index is 1060. The zero-order valence-electron chi connectivity index (χ0n) is 16.2. The highest BCUT2D eigenvalue weighted by Crippen LogP contribution is 2.41. The van der Waals surface area contributed by atoms with Crippen molar-refractivity contribution in [3.63, 3.8) is 0 Å². The van der Waals surface area contributed by atoms with Crippen LogP contribution in [0.2, 0.25) is 0 Å². The average molecular weight is 418 g/mol. The number of amides is 1. The van der Waals surface area contributed by atoms with E-state index in [1.807, 2.05) is 26.0 Å². The van der Waals surface area contributed by atoms with Crippen molar-refractivity contribution in [3.8, 4) is 17.2 Å². The van der Waals surface area contributed by atoms with Crippen LogP contribution in [-0.4, -0.2) is 39.7 Å². The summed E-state index contributed by atoms with van der Waals surface area (Å²) >= 11 is 0. The molecule has 0 bridgehead atoms. The summed E-state index contributed by atoms with van der Waals surface area (Å²) in [6.45, 7) is 4.16. The number of ether oxygens (including phenoxy) is 3. The molecule has 2 aliphatic rings. The van der Waals surface area contributed by atoms with Crippen molar-refractivity contribution in [1.29, 1.82) is 0 Å². The molecule has 9 heteroatoms. The summed E-state index contributed by atoms with van der Waals surface area (Å²) in [5.74, 6) is 1.42. The molecule has 2 heterocycles.